The fourth-order valence-electron chi connectivity index (χ4n) is 1.80. The second-order valence-corrected chi connectivity index (χ2v) is 5.67. The largest absolute Gasteiger partial charge is 0.427 e. The van der Waals surface area contributed by atoms with E-state index in [1.165, 1.54) is 13.0 Å². The normalized spacial score (nSPS) is 11.8. The molecule has 21 heavy (non-hydrogen) atoms. The van der Waals surface area contributed by atoms with Crippen LogP contribution in [-0.2, 0) is 4.79 Å². The van der Waals surface area contributed by atoms with Crippen molar-refractivity contribution >= 4 is 23.2 Å². The molecule has 0 bridgehead atoms. The summed E-state index contributed by atoms with van der Waals surface area (Å²) in [6, 6.07) is 6.33. The van der Waals surface area contributed by atoms with E-state index in [0.29, 0.717) is 11.3 Å². The first-order valence-corrected chi connectivity index (χ1v) is 7.35. The summed E-state index contributed by atoms with van der Waals surface area (Å²) in [6.45, 7) is 5.12. The van der Waals surface area contributed by atoms with Crippen LogP contribution >= 0.6 is 11.3 Å². The minimum atomic E-state index is -0.418. The zero-order chi connectivity index (χ0) is 15.4. The van der Waals surface area contributed by atoms with Crippen molar-refractivity contribution in [3.8, 4) is 5.75 Å². The fourth-order valence-corrected chi connectivity index (χ4v) is 2.51. The van der Waals surface area contributed by atoms with Gasteiger partial charge in [0.05, 0.1) is 16.7 Å². The van der Waals surface area contributed by atoms with Crippen LogP contribution in [0.25, 0.3) is 0 Å². The molecule has 0 radical (unpaired) electrons. The summed E-state index contributed by atoms with van der Waals surface area (Å²) in [5.41, 5.74) is 1.27. The van der Waals surface area contributed by atoms with Crippen molar-refractivity contribution in [3.05, 3.63) is 45.9 Å². The van der Waals surface area contributed by atoms with E-state index in [4.69, 9.17) is 4.74 Å². The van der Waals surface area contributed by atoms with Gasteiger partial charge in [-0.3, -0.25) is 9.59 Å². The van der Waals surface area contributed by atoms with Gasteiger partial charge in [0, 0.05) is 17.9 Å². The Labute approximate surface area is 127 Å². The van der Waals surface area contributed by atoms with E-state index in [2.05, 4.69) is 10.3 Å². The molecule has 0 saturated carbocycles. The van der Waals surface area contributed by atoms with Crippen LogP contribution < -0.4 is 10.1 Å². The molecule has 1 aromatic carbocycles. The Bertz CT molecular complexity index is 666. The number of hydrogen-bond donors (Lipinski definition) is 1. The third kappa shape index (κ3) is 4.13. The molecule has 0 aliphatic rings. The smallest absolute Gasteiger partial charge is 0.308 e. The summed E-state index contributed by atoms with van der Waals surface area (Å²) < 4.78 is 4.97. The van der Waals surface area contributed by atoms with Crippen LogP contribution in [0.2, 0.25) is 0 Å². The molecule has 1 heterocycles. The van der Waals surface area contributed by atoms with Crippen molar-refractivity contribution in [2.45, 2.75) is 26.8 Å². The first kappa shape index (κ1) is 15.2. The number of carbonyl (C=O) groups excluding carboxylic acids is 2. The molecule has 0 aliphatic heterocycles. The van der Waals surface area contributed by atoms with Crippen LogP contribution in [-0.4, -0.2) is 16.9 Å². The van der Waals surface area contributed by atoms with Gasteiger partial charge in [0.1, 0.15) is 5.75 Å². The standard InChI is InChI=1S/C15H16N2O3S/c1-9(14-8-21-10(2)17-14)16-15(19)12-5-4-6-13(7-12)20-11(3)18/h4-9H,1-3H3,(H,16,19). The molecular formula is C15H16N2O3S. The molecule has 0 aliphatic carbocycles. The Balaban J connectivity index is 2.07. The maximum Gasteiger partial charge on any atom is 0.308 e. The quantitative estimate of drug-likeness (QED) is 0.696. The van der Waals surface area contributed by atoms with E-state index in [1.54, 1.807) is 29.5 Å². The lowest BCUT2D eigenvalue weighted by atomic mass is 10.1. The molecule has 0 spiro atoms. The molecule has 1 amide bonds. The molecule has 2 aromatic rings. The zero-order valence-electron chi connectivity index (χ0n) is 12.0. The fraction of sp³-hybridized carbons (Fsp3) is 0.267. The van der Waals surface area contributed by atoms with E-state index >= 15 is 0 Å². The van der Waals surface area contributed by atoms with Gasteiger partial charge in [-0.05, 0) is 32.0 Å². The van der Waals surface area contributed by atoms with Crippen molar-refractivity contribution < 1.29 is 14.3 Å². The second kappa shape index (κ2) is 6.49. The lowest BCUT2D eigenvalue weighted by molar-refractivity contribution is -0.131. The van der Waals surface area contributed by atoms with Gasteiger partial charge in [-0.2, -0.15) is 0 Å². The predicted molar refractivity (Wildman–Crippen MR) is 80.5 cm³/mol. The van der Waals surface area contributed by atoms with Gasteiger partial charge in [-0.15, -0.1) is 11.3 Å². The van der Waals surface area contributed by atoms with E-state index in [-0.39, 0.29) is 11.9 Å². The third-order valence-corrected chi connectivity index (χ3v) is 3.58. The van der Waals surface area contributed by atoms with Crippen molar-refractivity contribution in [2.75, 3.05) is 0 Å². The van der Waals surface area contributed by atoms with Gasteiger partial charge in [-0.25, -0.2) is 4.98 Å². The number of thiazole rings is 1. The van der Waals surface area contributed by atoms with Crippen LogP contribution in [0.1, 0.15) is 40.9 Å². The van der Waals surface area contributed by atoms with Gasteiger partial charge in [0.2, 0.25) is 0 Å². The van der Waals surface area contributed by atoms with E-state index in [0.717, 1.165) is 10.7 Å². The number of aromatic nitrogens is 1. The van der Waals surface area contributed by atoms with Gasteiger partial charge in [-0.1, -0.05) is 6.07 Å². The third-order valence-electron chi connectivity index (χ3n) is 2.79. The summed E-state index contributed by atoms with van der Waals surface area (Å²) in [5, 5.41) is 5.76. The topological polar surface area (TPSA) is 68.3 Å². The first-order valence-electron chi connectivity index (χ1n) is 6.47. The summed E-state index contributed by atoms with van der Waals surface area (Å²) in [4.78, 5) is 27.5. The van der Waals surface area contributed by atoms with Gasteiger partial charge in [0.25, 0.3) is 5.91 Å². The highest BCUT2D eigenvalue weighted by molar-refractivity contribution is 7.09. The molecule has 1 aromatic heterocycles. The molecule has 6 heteroatoms. The number of amides is 1. The van der Waals surface area contributed by atoms with Crippen molar-refractivity contribution in [3.63, 3.8) is 0 Å². The number of hydrogen-bond acceptors (Lipinski definition) is 5. The van der Waals surface area contributed by atoms with Crippen LogP contribution in [0.15, 0.2) is 29.6 Å². The molecule has 1 N–H and O–H groups in total. The number of nitrogens with zero attached hydrogens (tertiary/aromatic N) is 1. The molecule has 110 valence electrons. The lowest BCUT2D eigenvalue weighted by Gasteiger charge is -2.12. The van der Waals surface area contributed by atoms with E-state index in [9.17, 15) is 9.59 Å². The average Bonchev–Trinajstić information content (AvgIpc) is 2.85. The lowest BCUT2D eigenvalue weighted by Crippen LogP contribution is -2.26. The van der Waals surface area contributed by atoms with Gasteiger partial charge < -0.3 is 10.1 Å². The Morgan fingerprint density at radius 3 is 2.76 bits per heavy atom. The molecule has 0 fully saturated rings. The number of esters is 1. The van der Waals surface area contributed by atoms with Crippen molar-refractivity contribution in [2.24, 2.45) is 0 Å². The monoisotopic (exact) mass is 304 g/mol. The van der Waals surface area contributed by atoms with Gasteiger partial charge >= 0.3 is 5.97 Å². The van der Waals surface area contributed by atoms with Crippen LogP contribution in [0, 0.1) is 6.92 Å². The second-order valence-electron chi connectivity index (χ2n) is 4.61. The van der Waals surface area contributed by atoms with E-state index in [1.807, 2.05) is 19.2 Å². The summed E-state index contributed by atoms with van der Waals surface area (Å²) in [7, 11) is 0. The maximum atomic E-state index is 12.2. The van der Waals surface area contributed by atoms with Crippen LogP contribution in [0.3, 0.4) is 0 Å². The Hall–Kier alpha value is -2.21. The molecule has 2 rings (SSSR count). The highest BCUT2D eigenvalue weighted by Crippen LogP contribution is 2.18. The number of carbonyl (C=O) groups is 2. The van der Waals surface area contributed by atoms with Crippen LogP contribution in [0.4, 0.5) is 0 Å². The molecule has 0 saturated heterocycles. The molecule has 1 unspecified atom stereocenters. The number of ether oxygens (including phenoxy) is 1. The van der Waals surface area contributed by atoms with E-state index < -0.39 is 5.97 Å². The first-order chi connectivity index (χ1) is 9.95. The Morgan fingerprint density at radius 1 is 1.38 bits per heavy atom. The molecule has 1 atom stereocenters. The summed E-state index contributed by atoms with van der Waals surface area (Å²) in [6.07, 6.45) is 0. The zero-order valence-corrected chi connectivity index (χ0v) is 12.9. The number of nitrogens with one attached hydrogen (secondary N) is 1. The highest BCUT2D eigenvalue weighted by Gasteiger charge is 2.14. The SMILES string of the molecule is CC(=O)Oc1cccc(C(=O)NC(C)c2csc(C)n2)c1. The maximum absolute atomic E-state index is 12.2. The summed E-state index contributed by atoms with van der Waals surface area (Å²) in [5.74, 6) is -0.298. The molecular weight excluding hydrogens is 288 g/mol. The average molecular weight is 304 g/mol. The Kier molecular flexibility index (Phi) is 4.70. The van der Waals surface area contributed by atoms with Crippen LogP contribution in [0.5, 0.6) is 5.75 Å². The predicted octanol–water partition coefficient (Wildman–Crippen LogP) is 2.87. The van der Waals surface area contributed by atoms with Gasteiger partial charge in [0.15, 0.2) is 0 Å². The van der Waals surface area contributed by atoms with Crippen molar-refractivity contribution in [1.29, 1.82) is 0 Å². The number of aryl methyl sites for hydroxylation is 1. The minimum absolute atomic E-state index is 0.181. The number of benzene rings is 1. The molecule has 5 nitrogen and oxygen atoms in total. The minimum Gasteiger partial charge on any atom is -0.427 e. The highest BCUT2D eigenvalue weighted by atomic mass is 32.1. The Morgan fingerprint density at radius 2 is 2.14 bits per heavy atom. The van der Waals surface area contributed by atoms with Crippen molar-refractivity contribution in [1.82, 2.24) is 10.3 Å². The summed E-state index contributed by atoms with van der Waals surface area (Å²) >= 11 is 1.55. The number of rotatable bonds is 4.